The summed E-state index contributed by atoms with van der Waals surface area (Å²) in [5, 5.41) is 12.2. The first kappa shape index (κ1) is 19.3. The number of hydrogen-bond acceptors (Lipinski definition) is 6. The Morgan fingerprint density at radius 2 is 2.11 bits per heavy atom. The minimum absolute atomic E-state index is 0.234. The molecule has 0 amide bonds. The van der Waals surface area contributed by atoms with Gasteiger partial charge in [0.05, 0.1) is 22.9 Å². The maximum absolute atomic E-state index is 11.6. The summed E-state index contributed by atoms with van der Waals surface area (Å²) >= 11 is 0. The number of cyclic esters (lactones) is 1. The molecule has 0 fully saturated rings. The number of carbonyl (C=O) groups excluding carboxylic acids is 1. The zero-order valence-electron chi connectivity index (χ0n) is 15.7. The maximum Gasteiger partial charge on any atom is 0.338 e. The Morgan fingerprint density at radius 3 is 2.82 bits per heavy atom. The number of benzene rings is 2. The third kappa shape index (κ3) is 4.45. The van der Waals surface area contributed by atoms with Crippen LogP contribution >= 0.6 is 0 Å². The van der Waals surface area contributed by atoms with Crippen molar-refractivity contribution < 1.29 is 9.53 Å². The summed E-state index contributed by atoms with van der Waals surface area (Å²) in [5.41, 5.74) is 11.9. The van der Waals surface area contributed by atoms with Gasteiger partial charge in [-0.25, -0.2) is 4.79 Å². The molecule has 3 N–H and O–H groups in total. The highest BCUT2D eigenvalue weighted by molar-refractivity contribution is 5.93. The van der Waals surface area contributed by atoms with Crippen molar-refractivity contribution in [2.75, 3.05) is 13.1 Å². The lowest BCUT2D eigenvalue weighted by Gasteiger charge is -2.10. The van der Waals surface area contributed by atoms with Crippen molar-refractivity contribution in [2.24, 2.45) is 10.7 Å². The van der Waals surface area contributed by atoms with E-state index in [2.05, 4.69) is 16.4 Å². The van der Waals surface area contributed by atoms with Crippen LogP contribution in [0.3, 0.4) is 0 Å². The SMILES string of the molecule is Cc1c(CCNCC(C=Nc2ccc(C#N)cc2)=CN)ccc2c1COC2=O. The normalized spacial score (nSPS) is 13.4. The van der Waals surface area contributed by atoms with E-state index >= 15 is 0 Å². The molecule has 0 unspecified atom stereocenters. The Labute approximate surface area is 164 Å². The molecule has 3 rings (SSSR count). The van der Waals surface area contributed by atoms with E-state index in [-0.39, 0.29) is 5.97 Å². The molecule has 28 heavy (non-hydrogen) atoms. The van der Waals surface area contributed by atoms with Gasteiger partial charge in [0.15, 0.2) is 0 Å². The number of aliphatic imine (C=N–C) groups is 1. The highest BCUT2D eigenvalue weighted by Gasteiger charge is 2.23. The lowest BCUT2D eigenvalue weighted by Crippen LogP contribution is -2.21. The molecule has 1 heterocycles. The van der Waals surface area contributed by atoms with Crippen LogP contribution in [0.2, 0.25) is 0 Å². The van der Waals surface area contributed by atoms with Gasteiger partial charge in [-0.05, 0) is 73.1 Å². The third-order valence-corrected chi connectivity index (χ3v) is 4.77. The highest BCUT2D eigenvalue weighted by atomic mass is 16.5. The summed E-state index contributed by atoms with van der Waals surface area (Å²) in [6, 6.07) is 13.0. The second-order valence-corrected chi connectivity index (χ2v) is 6.54. The van der Waals surface area contributed by atoms with Crippen LogP contribution in [0.4, 0.5) is 5.69 Å². The monoisotopic (exact) mass is 374 g/mol. The van der Waals surface area contributed by atoms with E-state index in [0.29, 0.717) is 24.3 Å². The molecule has 0 saturated heterocycles. The average Bonchev–Trinajstić information content (AvgIpc) is 3.11. The van der Waals surface area contributed by atoms with Gasteiger partial charge >= 0.3 is 5.97 Å². The molecular weight excluding hydrogens is 352 g/mol. The molecule has 6 heteroatoms. The molecule has 142 valence electrons. The van der Waals surface area contributed by atoms with Crippen molar-refractivity contribution in [2.45, 2.75) is 20.0 Å². The molecular formula is C22H22N4O2. The fourth-order valence-corrected chi connectivity index (χ4v) is 3.05. The second-order valence-electron chi connectivity index (χ2n) is 6.54. The van der Waals surface area contributed by atoms with E-state index in [9.17, 15) is 4.79 Å². The van der Waals surface area contributed by atoms with E-state index in [4.69, 9.17) is 15.7 Å². The van der Waals surface area contributed by atoms with Gasteiger partial charge in [-0.15, -0.1) is 0 Å². The lowest BCUT2D eigenvalue weighted by molar-refractivity contribution is 0.0535. The second kappa shape index (κ2) is 8.98. The Morgan fingerprint density at radius 1 is 1.32 bits per heavy atom. The van der Waals surface area contributed by atoms with E-state index in [1.807, 2.05) is 19.1 Å². The summed E-state index contributed by atoms with van der Waals surface area (Å²) in [6.45, 7) is 3.77. The van der Waals surface area contributed by atoms with Crippen molar-refractivity contribution >= 4 is 17.9 Å². The number of nitrogens with one attached hydrogen (secondary N) is 1. The molecule has 0 aromatic heterocycles. The first-order chi connectivity index (χ1) is 13.6. The van der Waals surface area contributed by atoms with E-state index < -0.39 is 0 Å². The van der Waals surface area contributed by atoms with Crippen LogP contribution in [0.25, 0.3) is 0 Å². The number of nitrogens with zero attached hydrogens (tertiary/aromatic N) is 2. The number of rotatable bonds is 7. The number of hydrogen-bond donors (Lipinski definition) is 2. The topological polar surface area (TPSA) is 100 Å². The van der Waals surface area contributed by atoms with Crippen molar-refractivity contribution in [1.82, 2.24) is 5.32 Å². The van der Waals surface area contributed by atoms with Crippen LogP contribution in [0.5, 0.6) is 0 Å². The lowest BCUT2D eigenvalue weighted by atomic mass is 9.97. The molecule has 0 saturated carbocycles. The molecule has 0 aliphatic carbocycles. The third-order valence-electron chi connectivity index (χ3n) is 4.77. The smallest absolute Gasteiger partial charge is 0.338 e. The molecule has 1 aliphatic heterocycles. The quantitative estimate of drug-likeness (QED) is 0.441. The fourth-order valence-electron chi connectivity index (χ4n) is 3.05. The summed E-state index contributed by atoms with van der Waals surface area (Å²) < 4.78 is 5.10. The Balaban J connectivity index is 1.51. The summed E-state index contributed by atoms with van der Waals surface area (Å²) in [6.07, 6.45) is 4.10. The van der Waals surface area contributed by atoms with Crippen molar-refractivity contribution in [3.63, 3.8) is 0 Å². The molecule has 0 atom stereocenters. The molecule has 1 aliphatic rings. The van der Waals surface area contributed by atoms with Gasteiger partial charge < -0.3 is 15.8 Å². The predicted molar refractivity (Wildman–Crippen MR) is 108 cm³/mol. The van der Waals surface area contributed by atoms with Gasteiger partial charge in [-0.1, -0.05) is 6.07 Å². The van der Waals surface area contributed by atoms with Crippen LogP contribution in [0, 0.1) is 18.3 Å². The number of ether oxygens (including phenoxy) is 1. The van der Waals surface area contributed by atoms with Crippen molar-refractivity contribution in [3.05, 3.63) is 76.0 Å². The molecule has 2 aromatic rings. The minimum atomic E-state index is -0.234. The Bertz CT molecular complexity index is 969. The van der Waals surface area contributed by atoms with Crippen LogP contribution < -0.4 is 11.1 Å². The number of carbonyl (C=O) groups is 1. The van der Waals surface area contributed by atoms with Crippen LogP contribution in [0.15, 0.2) is 53.2 Å². The standard InChI is InChI=1S/C22H22N4O2/c1-15-18(4-7-20-21(15)14-28-22(20)27)8-9-25-12-17(11-24)13-26-19-5-2-16(10-23)3-6-19/h2-7,11,13,25H,8-9,12,14,24H2,1H3. The van der Waals surface area contributed by atoms with E-state index in [1.165, 1.54) is 11.8 Å². The van der Waals surface area contributed by atoms with Crippen LogP contribution in [0.1, 0.15) is 32.6 Å². The minimum Gasteiger partial charge on any atom is -0.457 e. The summed E-state index contributed by atoms with van der Waals surface area (Å²) in [4.78, 5) is 16.0. The number of fused-ring (bicyclic) bond motifs is 1. The van der Waals surface area contributed by atoms with E-state index in [0.717, 1.165) is 35.4 Å². The fraction of sp³-hybridized carbons (Fsp3) is 0.227. The number of nitriles is 1. The van der Waals surface area contributed by atoms with Crippen molar-refractivity contribution in [3.8, 4) is 6.07 Å². The highest BCUT2D eigenvalue weighted by Crippen LogP contribution is 2.26. The van der Waals surface area contributed by atoms with Gasteiger partial charge in [0, 0.05) is 18.3 Å². The summed E-state index contributed by atoms with van der Waals surface area (Å²) in [7, 11) is 0. The first-order valence-corrected chi connectivity index (χ1v) is 9.06. The van der Waals surface area contributed by atoms with Crippen molar-refractivity contribution in [1.29, 1.82) is 5.26 Å². The first-order valence-electron chi connectivity index (χ1n) is 9.06. The van der Waals surface area contributed by atoms with Gasteiger partial charge in [0.2, 0.25) is 0 Å². The van der Waals surface area contributed by atoms with Gasteiger partial charge in [0.25, 0.3) is 0 Å². The average molecular weight is 374 g/mol. The molecule has 6 nitrogen and oxygen atoms in total. The van der Waals surface area contributed by atoms with Gasteiger partial charge in [-0.2, -0.15) is 5.26 Å². The predicted octanol–water partition coefficient (Wildman–Crippen LogP) is 2.91. The molecule has 0 radical (unpaired) electrons. The summed E-state index contributed by atoms with van der Waals surface area (Å²) in [5.74, 6) is -0.234. The maximum atomic E-state index is 11.6. The molecule has 0 bridgehead atoms. The number of esters is 1. The zero-order valence-corrected chi connectivity index (χ0v) is 15.7. The van der Waals surface area contributed by atoms with Crippen LogP contribution in [-0.4, -0.2) is 25.3 Å². The van der Waals surface area contributed by atoms with Gasteiger partial charge in [-0.3, -0.25) is 4.99 Å². The van der Waals surface area contributed by atoms with Crippen LogP contribution in [-0.2, 0) is 17.8 Å². The van der Waals surface area contributed by atoms with E-state index in [1.54, 1.807) is 30.5 Å². The Hall–Kier alpha value is -3.43. The zero-order chi connectivity index (χ0) is 19.9. The number of nitrogens with two attached hydrogens (primary N) is 1. The largest absolute Gasteiger partial charge is 0.457 e. The molecule has 0 spiro atoms. The Kier molecular flexibility index (Phi) is 6.20. The van der Waals surface area contributed by atoms with Gasteiger partial charge in [0.1, 0.15) is 6.61 Å². The molecule has 2 aromatic carbocycles.